The van der Waals surface area contributed by atoms with Crippen LogP contribution in [0.2, 0.25) is 0 Å². The molecular weight excluding hydrogens is 345 g/mol. The summed E-state index contributed by atoms with van der Waals surface area (Å²) >= 11 is 0. The monoisotopic (exact) mass is 366 g/mol. The summed E-state index contributed by atoms with van der Waals surface area (Å²) in [6, 6.07) is 13.4. The zero-order chi connectivity index (χ0) is 19.2. The van der Waals surface area contributed by atoms with E-state index in [9.17, 15) is 18.0 Å². The molecule has 2 aromatic rings. The van der Waals surface area contributed by atoms with Crippen LogP contribution >= 0.6 is 0 Å². The highest BCUT2D eigenvalue weighted by molar-refractivity contribution is 5.79. The van der Waals surface area contributed by atoms with Crippen LogP contribution in [0.15, 0.2) is 54.6 Å². The molecule has 2 aromatic carbocycles. The predicted molar refractivity (Wildman–Crippen MR) is 92.5 cm³/mol. The molecule has 4 nitrogen and oxygen atoms in total. The molecule has 0 heterocycles. The maximum absolute atomic E-state index is 12.6. The van der Waals surface area contributed by atoms with Gasteiger partial charge in [-0.2, -0.15) is 13.2 Å². The van der Waals surface area contributed by atoms with Crippen LogP contribution in [0.3, 0.4) is 0 Å². The van der Waals surface area contributed by atoms with Crippen LogP contribution in [0.5, 0.6) is 5.75 Å². The van der Waals surface area contributed by atoms with Gasteiger partial charge in [-0.3, -0.25) is 4.79 Å². The van der Waals surface area contributed by atoms with Gasteiger partial charge in [0, 0.05) is 6.04 Å². The molecule has 26 heavy (non-hydrogen) atoms. The lowest BCUT2D eigenvalue weighted by Gasteiger charge is -2.20. The Morgan fingerprint density at radius 1 is 1.15 bits per heavy atom. The van der Waals surface area contributed by atoms with Crippen LogP contribution in [-0.2, 0) is 11.0 Å². The van der Waals surface area contributed by atoms with Crippen molar-refractivity contribution >= 4 is 5.91 Å². The first-order valence-corrected chi connectivity index (χ1v) is 8.17. The van der Waals surface area contributed by atoms with Crippen molar-refractivity contribution in [1.29, 1.82) is 0 Å². The highest BCUT2D eigenvalue weighted by atomic mass is 19.4. The van der Waals surface area contributed by atoms with E-state index in [4.69, 9.17) is 10.5 Å². The Morgan fingerprint density at radius 3 is 2.50 bits per heavy atom. The molecule has 0 aliphatic carbocycles. The van der Waals surface area contributed by atoms with Crippen molar-refractivity contribution in [1.82, 2.24) is 5.32 Å². The van der Waals surface area contributed by atoms with Gasteiger partial charge in [-0.05, 0) is 23.8 Å². The van der Waals surface area contributed by atoms with E-state index in [1.54, 1.807) is 6.92 Å². The Labute approximate surface area is 150 Å². The Hall–Kier alpha value is -2.54. The third-order valence-corrected chi connectivity index (χ3v) is 3.97. The molecule has 140 valence electrons. The second kappa shape index (κ2) is 8.71. The smallest absolute Gasteiger partial charge is 0.416 e. The van der Waals surface area contributed by atoms with Crippen molar-refractivity contribution in [2.45, 2.75) is 19.1 Å². The first kappa shape index (κ1) is 19.8. The maximum Gasteiger partial charge on any atom is 0.416 e. The standard InChI is InChI=1S/C19H21F3N2O2/c1-13(17(23)14-6-3-2-4-7-14)18(25)24-10-11-26-16-9-5-8-15(12-16)19(20,21)22/h2-9,12-13,17H,10-11,23H2,1H3,(H,24,25). The quantitative estimate of drug-likeness (QED) is 0.737. The molecular formula is C19H21F3N2O2. The number of rotatable bonds is 7. The molecule has 2 rings (SSSR count). The molecule has 0 radical (unpaired) electrons. The number of nitrogens with one attached hydrogen (secondary N) is 1. The molecule has 2 atom stereocenters. The van der Waals surface area contributed by atoms with Gasteiger partial charge >= 0.3 is 6.18 Å². The van der Waals surface area contributed by atoms with E-state index in [-0.39, 0.29) is 24.8 Å². The van der Waals surface area contributed by atoms with Crippen molar-refractivity contribution in [3.63, 3.8) is 0 Å². The molecule has 0 saturated heterocycles. The lowest BCUT2D eigenvalue weighted by molar-refractivity contribution is -0.137. The number of hydrogen-bond acceptors (Lipinski definition) is 3. The van der Waals surface area contributed by atoms with E-state index in [2.05, 4.69) is 5.32 Å². The lowest BCUT2D eigenvalue weighted by Crippen LogP contribution is -2.37. The van der Waals surface area contributed by atoms with Crippen molar-refractivity contribution in [2.75, 3.05) is 13.2 Å². The van der Waals surface area contributed by atoms with Gasteiger partial charge in [0.25, 0.3) is 0 Å². The maximum atomic E-state index is 12.6. The number of hydrogen-bond donors (Lipinski definition) is 2. The second-order valence-corrected chi connectivity index (χ2v) is 5.89. The first-order chi connectivity index (χ1) is 12.3. The van der Waals surface area contributed by atoms with Gasteiger partial charge in [0.05, 0.1) is 18.0 Å². The molecule has 0 spiro atoms. The number of carbonyl (C=O) groups excluding carboxylic acids is 1. The van der Waals surface area contributed by atoms with Gasteiger partial charge in [0.1, 0.15) is 12.4 Å². The van der Waals surface area contributed by atoms with E-state index < -0.39 is 23.7 Å². The van der Waals surface area contributed by atoms with Crippen LogP contribution in [0.4, 0.5) is 13.2 Å². The molecule has 1 amide bonds. The molecule has 0 aromatic heterocycles. The van der Waals surface area contributed by atoms with Crippen molar-refractivity contribution in [3.8, 4) is 5.75 Å². The van der Waals surface area contributed by atoms with Gasteiger partial charge in [-0.15, -0.1) is 0 Å². The largest absolute Gasteiger partial charge is 0.492 e. The van der Waals surface area contributed by atoms with Gasteiger partial charge in [-0.25, -0.2) is 0 Å². The van der Waals surface area contributed by atoms with E-state index in [1.807, 2.05) is 30.3 Å². The predicted octanol–water partition coefficient (Wildman–Crippen LogP) is 3.54. The number of amides is 1. The summed E-state index contributed by atoms with van der Waals surface area (Å²) in [4.78, 5) is 12.2. The topological polar surface area (TPSA) is 64.3 Å². The minimum absolute atomic E-state index is 0.0559. The molecule has 2 unspecified atom stereocenters. The molecule has 0 bridgehead atoms. The number of nitrogens with two attached hydrogens (primary N) is 1. The minimum atomic E-state index is -4.42. The van der Waals surface area contributed by atoms with Crippen LogP contribution in [0, 0.1) is 5.92 Å². The summed E-state index contributed by atoms with van der Waals surface area (Å²) in [6.07, 6.45) is -4.42. The number of benzene rings is 2. The first-order valence-electron chi connectivity index (χ1n) is 8.17. The van der Waals surface area contributed by atoms with Crippen LogP contribution in [0.1, 0.15) is 24.1 Å². The highest BCUT2D eigenvalue weighted by Gasteiger charge is 2.30. The van der Waals surface area contributed by atoms with E-state index >= 15 is 0 Å². The number of ether oxygens (including phenoxy) is 1. The highest BCUT2D eigenvalue weighted by Crippen LogP contribution is 2.31. The summed E-state index contributed by atoms with van der Waals surface area (Å²) in [7, 11) is 0. The average Bonchev–Trinajstić information content (AvgIpc) is 2.64. The van der Waals surface area contributed by atoms with Gasteiger partial charge in [0.2, 0.25) is 5.91 Å². The molecule has 0 aliphatic heterocycles. The fourth-order valence-corrected chi connectivity index (χ4v) is 2.39. The molecule has 0 fully saturated rings. The van der Waals surface area contributed by atoms with Crippen LogP contribution < -0.4 is 15.8 Å². The Balaban J connectivity index is 1.80. The van der Waals surface area contributed by atoms with Crippen LogP contribution in [0.25, 0.3) is 0 Å². The van der Waals surface area contributed by atoms with Crippen molar-refractivity contribution in [2.24, 2.45) is 11.7 Å². The SMILES string of the molecule is CC(C(=O)NCCOc1cccc(C(F)(F)F)c1)C(N)c1ccccc1. The normalized spacial score (nSPS) is 13.7. The molecule has 0 saturated carbocycles. The summed E-state index contributed by atoms with van der Waals surface area (Å²) in [5.41, 5.74) is 6.17. The molecule has 3 N–H and O–H groups in total. The Kier molecular flexibility index (Phi) is 6.63. The third kappa shape index (κ3) is 5.49. The van der Waals surface area contributed by atoms with E-state index in [0.29, 0.717) is 0 Å². The summed E-state index contributed by atoms with van der Waals surface area (Å²) in [6.45, 7) is 1.95. The summed E-state index contributed by atoms with van der Waals surface area (Å²) in [5.74, 6) is -0.594. The zero-order valence-corrected chi connectivity index (χ0v) is 14.3. The van der Waals surface area contributed by atoms with Crippen molar-refractivity contribution < 1.29 is 22.7 Å². The molecule has 0 aliphatic rings. The Bertz CT molecular complexity index is 720. The van der Waals surface area contributed by atoms with Crippen LogP contribution in [-0.4, -0.2) is 19.1 Å². The Morgan fingerprint density at radius 2 is 1.85 bits per heavy atom. The summed E-state index contributed by atoms with van der Waals surface area (Å²) < 4.78 is 43.2. The zero-order valence-electron chi connectivity index (χ0n) is 14.3. The number of alkyl halides is 3. The lowest BCUT2D eigenvalue weighted by atomic mass is 9.95. The average molecular weight is 366 g/mol. The van der Waals surface area contributed by atoms with E-state index in [1.165, 1.54) is 12.1 Å². The second-order valence-electron chi connectivity index (χ2n) is 5.89. The van der Waals surface area contributed by atoms with Gasteiger partial charge in [0.15, 0.2) is 0 Å². The van der Waals surface area contributed by atoms with E-state index in [0.717, 1.165) is 17.7 Å². The fraction of sp³-hybridized carbons (Fsp3) is 0.316. The fourth-order valence-electron chi connectivity index (χ4n) is 2.39. The third-order valence-electron chi connectivity index (χ3n) is 3.97. The minimum Gasteiger partial charge on any atom is -0.492 e. The number of halogens is 3. The van der Waals surface area contributed by atoms with Crippen molar-refractivity contribution in [3.05, 3.63) is 65.7 Å². The van der Waals surface area contributed by atoms with Gasteiger partial charge in [-0.1, -0.05) is 43.3 Å². The molecule has 7 heteroatoms. The summed E-state index contributed by atoms with van der Waals surface area (Å²) in [5, 5.41) is 2.68. The number of carbonyl (C=O) groups is 1. The van der Waals surface area contributed by atoms with Gasteiger partial charge < -0.3 is 15.8 Å².